The molecule has 0 heterocycles. The molecule has 10 nitrogen and oxygen atoms in total. The van der Waals surface area contributed by atoms with E-state index in [0.29, 0.717) is 13.0 Å². The normalized spacial score (nSPS) is 12.4. The average Bonchev–Trinajstić information content (AvgIpc) is 2.80. The Bertz CT molecular complexity index is 826. The molecule has 1 aromatic carbocycles. The maximum absolute atomic E-state index is 12.2. The number of benzene rings is 1. The Kier molecular flexibility index (Phi) is 13.3. The van der Waals surface area contributed by atoms with Crippen molar-refractivity contribution < 1.29 is 24.7 Å². The van der Waals surface area contributed by atoms with Crippen LogP contribution in [0.2, 0.25) is 0 Å². The van der Waals surface area contributed by atoms with E-state index in [4.69, 9.17) is 21.8 Å². The summed E-state index contributed by atoms with van der Waals surface area (Å²) in [4.78, 5) is 39.0. The van der Waals surface area contributed by atoms with E-state index in [2.05, 4.69) is 16.4 Å². The lowest BCUT2D eigenvalue weighted by Gasteiger charge is -2.27. The van der Waals surface area contributed by atoms with Gasteiger partial charge in [0.25, 0.3) is 5.91 Å². The zero-order valence-corrected chi connectivity index (χ0v) is 20.0. The third-order valence-corrected chi connectivity index (χ3v) is 5.76. The first-order valence-corrected chi connectivity index (χ1v) is 11.8. The minimum absolute atomic E-state index is 0.0927. The summed E-state index contributed by atoms with van der Waals surface area (Å²) in [6.45, 7) is 1.90. The Morgan fingerprint density at radius 1 is 0.941 bits per heavy atom. The van der Waals surface area contributed by atoms with Gasteiger partial charge in [-0.3, -0.25) is 19.6 Å². The van der Waals surface area contributed by atoms with Crippen LogP contribution in [0.5, 0.6) is 0 Å². The van der Waals surface area contributed by atoms with Crippen molar-refractivity contribution in [2.45, 2.75) is 89.6 Å². The Hall–Kier alpha value is -3.14. The van der Waals surface area contributed by atoms with E-state index in [1.165, 1.54) is 18.0 Å². The van der Waals surface area contributed by atoms with E-state index in [-0.39, 0.29) is 31.1 Å². The topological polar surface area (TPSA) is 180 Å². The van der Waals surface area contributed by atoms with Crippen LogP contribution in [0.3, 0.4) is 0 Å². The number of aryl methyl sites for hydroxylation is 1. The number of hydroxylamine groups is 1. The van der Waals surface area contributed by atoms with Crippen LogP contribution >= 0.6 is 0 Å². The van der Waals surface area contributed by atoms with Gasteiger partial charge >= 0.3 is 5.97 Å². The fraction of sp³-hybridized carbons (Fsp3) is 0.583. The smallest absolute Gasteiger partial charge is 0.303 e. The lowest BCUT2D eigenvalue weighted by molar-refractivity contribution is -0.142. The molecular formula is C24H39N5O5. The Morgan fingerprint density at radius 2 is 1.53 bits per heavy atom. The summed E-state index contributed by atoms with van der Waals surface area (Å²) >= 11 is 0. The van der Waals surface area contributed by atoms with Gasteiger partial charge in [-0.05, 0) is 43.7 Å². The molecule has 10 heteroatoms. The predicted octanol–water partition coefficient (Wildman–Crippen LogP) is 2.37. The first kappa shape index (κ1) is 28.9. The van der Waals surface area contributed by atoms with Gasteiger partial charge in [0.15, 0.2) is 5.96 Å². The molecule has 8 N–H and O–H groups in total. The second-order valence-electron chi connectivity index (χ2n) is 8.70. The molecule has 34 heavy (non-hydrogen) atoms. The van der Waals surface area contributed by atoms with Gasteiger partial charge in [0.1, 0.15) is 5.54 Å². The zero-order chi connectivity index (χ0) is 25.4. The number of nitrogens with one attached hydrogen (secondary N) is 2. The number of guanidine groups is 1. The molecule has 0 bridgehead atoms. The number of aliphatic carboxylic acids is 1. The average molecular weight is 478 g/mol. The molecule has 0 fully saturated rings. The summed E-state index contributed by atoms with van der Waals surface area (Å²) < 4.78 is 0. The molecule has 0 saturated carbocycles. The number of carboxylic acids is 1. The number of amides is 2. The summed E-state index contributed by atoms with van der Waals surface area (Å²) in [5, 5.41) is 20.3. The van der Waals surface area contributed by atoms with E-state index in [1.807, 2.05) is 18.2 Å². The Morgan fingerprint density at radius 3 is 2.12 bits per heavy atom. The number of carbonyl (C=O) groups excluding carboxylic acids is 2. The number of hydrogen-bond donors (Lipinski definition) is 6. The van der Waals surface area contributed by atoms with E-state index in [0.717, 1.165) is 50.5 Å². The molecule has 2 amide bonds. The molecule has 0 radical (unpaired) electrons. The number of carboxylic acid groups (broad SMARTS) is 1. The largest absolute Gasteiger partial charge is 0.481 e. The number of nitrogens with two attached hydrogens (primary N) is 2. The fourth-order valence-electron chi connectivity index (χ4n) is 3.70. The number of hydrogen-bond acceptors (Lipinski definition) is 5. The third kappa shape index (κ3) is 11.6. The van der Waals surface area contributed by atoms with Crippen molar-refractivity contribution in [2.75, 3.05) is 0 Å². The number of nitrogens with zero attached hydrogens (tertiary/aromatic N) is 1. The molecule has 0 aliphatic rings. The van der Waals surface area contributed by atoms with Gasteiger partial charge in [0.05, 0.1) is 6.54 Å². The van der Waals surface area contributed by atoms with Crippen molar-refractivity contribution in [2.24, 2.45) is 16.5 Å². The standard InChI is InChI=1S/C24H39N5O5/c1-24(22(33)29-34,16-15-21(31)32)28-20(30)14-8-6-4-2-3-5-7-11-18-12-9-10-13-19(18)17-27-23(25)26/h9-10,12-13,34H,2-8,11,14-17H2,1H3,(H,28,30)(H,29,33)(H,31,32)(H4,25,26,27). The van der Waals surface area contributed by atoms with Gasteiger partial charge in [0, 0.05) is 12.8 Å². The lowest BCUT2D eigenvalue weighted by atomic mass is 9.94. The van der Waals surface area contributed by atoms with Gasteiger partial charge in [-0.2, -0.15) is 0 Å². The number of aliphatic imine (C=N–C) groups is 1. The van der Waals surface area contributed by atoms with Gasteiger partial charge in [0.2, 0.25) is 5.91 Å². The van der Waals surface area contributed by atoms with E-state index in [9.17, 15) is 14.4 Å². The summed E-state index contributed by atoms with van der Waals surface area (Å²) in [6.07, 6.45) is 7.82. The monoisotopic (exact) mass is 477 g/mol. The summed E-state index contributed by atoms with van der Waals surface area (Å²) in [6, 6.07) is 8.16. The van der Waals surface area contributed by atoms with Crippen molar-refractivity contribution in [1.29, 1.82) is 0 Å². The minimum atomic E-state index is -1.47. The molecule has 1 atom stereocenters. The summed E-state index contributed by atoms with van der Waals surface area (Å²) in [5.74, 6) is -2.16. The molecule has 0 aromatic heterocycles. The van der Waals surface area contributed by atoms with E-state index >= 15 is 0 Å². The second-order valence-corrected chi connectivity index (χ2v) is 8.70. The number of rotatable bonds is 17. The number of unbranched alkanes of at least 4 members (excludes halogenated alkanes) is 6. The van der Waals surface area contributed by atoms with E-state index in [1.54, 1.807) is 0 Å². The van der Waals surface area contributed by atoms with Crippen molar-refractivity contribution in [3.05, 3.63) is 35.4 Å². The molecule has 1 unspecified atom stereocenters. The quantitative estimate of drug-likeness (QED) is 0.0654. The molecule has 0 saturated heterocycles. The van der Waals surface area contributed by atoms with Crippen LogP contribution in [0, 0.1) is 0 Å². The van der Waals surface area contributed by atoms with Gasteiger partial charge < -0.3 is 21.9 Å². The molecule has 1 aromatic rings. The second kappa shape index (κ2) is 15.7. The van der Waals surface area contributed by atoms with Gasteiger partial charge in [-0.25, -0.2) is 10.5 Å². The lowest BCUT2D eigenvalue weighted by Crippen LogP contribution is -2.56. The highest BCUT2D eigenvalue weighted by molar-refractivity contribution is 5.90. The molecule has 1 rings (SSSR count). The maximum Gasteiger partial charge on any atom is 0.303 e. The molecular weight excluding hydrogens is 438 g/mol. The molecule has 0 aliphatic heterocycles. The SMILES string of the molecule is CC(CCC(=O)O)(NC(=O)CCCCCCCCCc1ccccc1CN=C(N)N)C(=O)NO. The van der Waals surface area contributed by atoms with Crippen LogP contribution in [-0.2, 0) is 27.3 Å². The van der Waals surface area contributed by atoms with Crippen molar-refractivity contribution in [3.8, 4) is 0 Å². The summed E-state index contributed by atoms with van der Waals surface area (Å²) in [7, 11) is 0. The van der Waals surface area contributed by atoms with Crippen LogP contribution in [-0.4, -0.2) is 39.6 Å². The highest BCUT2D eigenvalue weighted by atomic mass is 16.5. The van der Waals surface area contributed by atoms with E-state index < -0.39 is 17.4 Å². The molecule has 0 aliphatic carbocycles. The fourth-order valence-corrected chi connectivity index (χ4v) is 3.70. The zero-order valence-electron chi connectivity index (χ0n) is 20.0. The van der Waals surface area contributed by atoms with Crippen LogP contribution in [0.4, 0.5) is 0 Å². The Balaban J connectivity index is 2.22. The minimum Gasteiger partial charge on any atom is -0.481 e. The summed E-state index contributed by atoms with van der Waals surface area (Å²) in [5.41, 5.74) is 13.3. The highest BCUT2D eigenvalue weighted by Crippen LogP contribution is 2.16. The Labute approximate surface area is 201 Å². The predicted molar refractivity (Wildman–Crippen MR) is 130 cm³/mol. The maximum atomic E-state index is 12.2. The first-order valence-electron chi connectivity index (χ1n) is 11.8. The van der Waals surface area contributed by atoms with Crippen LogP contribution < -0.4 is 22.3 Å². The molecule has 0 spiro atoms. The van der Waals surface area contributed by atoms with Gasteiger partial charge in [-0.1, -0.05) is 56.4 Å². The van der Waals surface area contributed by atoms with Crippen LogP contribution in [0.15, 0.2) is 29.3 Å². The van der Waals surface area contributed by atoms with Crippen LogP contribution in [0.1, 0.15) is 82.3 Å². The highest BCUT2D eigenvalue weighted by Gasteiger charge is 2.35. The van der Waals surface area contributed by atoms with Crippen molar-refractivity contribution >= 4 is 23.7 Å². The van der Waals surface area contributed by atoms with Crippen molar-refractivity contribution in [3.63, 3.8) is 0 Å². The number of carbonyl (C=O) groups is 3. The van der Waals surface area contributed by atoms with Crippen LogP contribution in [0.25, 0.3) is 0 Å². The molecule has 190 valence electrons. The van der Waals surface area contributed by atoms with Crippen molar-refractivity contribution in [1.82, 2.24) is 10.8 Å². The van der Waals surface area contributed by atoms with Gasteiger partial charge in [-0.15, -0.1) is 0 Å². The third-order valence-electron chi connectivity index (χ3n) is 5.76. The first-order chi connectivity index (χ1) is 16.2.